The molecule has 0 saturated carbocycles. The van der Waals surface area contributed by atoms with E-state index >= 15 is 0 Å². The van der Waals surface area contributed by atoms with Crippen molar-refractivity contribution in [1.29, 1.82) is 0 Å². The highest BCUT2D eigenvalue weighted by Gasteiger charge is 2.27. The first-order valence-electron chi connectivity index (χ1n) is 8.94. The van der Waals surface area contributed by atoms with E-state index in [0.29, 0.717) is 18.9 Å². The Balaban J connectivity index is 1.57. The first-order valence-corrected chi connectivity index (χ1v) is 8.94. The van der Waals surface area contributed by atoms with Crippen molar-refractivity contribution >= 4 is 5.91 Å². The number of hydrogen-bond donors (Lipinski definition) is 0. The number of pyridine rings is 1. The van der Waals surface area contributed by atoms with Crippen molar-refractivity contribution in [2.75, 3.05) is 26.8 Å². The Bertz CT molecular complexity index is 671. The summed E-state index contributed by atoms with van der Waals surface area (Å²) in [6, 6.07) is 3.94. The van der Waals surface area contributed by atoms with Gasteiger partial charge in [-0.15, -0.1) is 0 Å². The number of ether oxygens (including phenoxy) is 1. The van der Waals surface area contributed by atoms with Crippen molar-refractivity contribution in [2.45, 2.75) is 38.1 Å². The highest BCUT2D eigenvalue weighted by atomic mass is 16.5. The van der Waals surface area contributed by atoms with Crippen LogP contribution in [0.15, 0.2) is 36.9 Å². The van der Waals surface area contributed by atoms with Gasteiger partial charge in [0.1, 0.15) is 5.82 Å². The molecule has 1 atom stereocenters. The number of carbonyl (C=O) groups excluding carboxylic acids is 1. The first-order chi connectivity index (χ1) is 12.3. The van der Waals surface area contributed by atoms with Crippen LogP contribution in [0.2, 0.25) is 0 Å². The molecule has 0 spiro atoms. The molecular formula is C19H26N4O2. The molecule has 3 heterocycles. The number of hydrogen-bond acceptors (Lipinski definition) is 4. The fraction of sp³-hybridized carbons (Fsp3) is 0.526. The van der Waals surface area contributed by atoms with E-state index in [9.17, 15) is 4.79 Å². The van der Waals surface area contributed by atoms with Gasteiger partial charge >= 0.3 is 0 Å². The van der Waals surface area contributed by atoms with E-state index < -0.39 is 0 Å². The third-order valence-corrected chi connectivity index (χ3v) is 4.80. The Labute approximate surface area is 148 Å². The zero-order chi connectivity index (χ0) is 17.5. The van der Waals surface area contributed by atoms with Gasteiger partial charge < -0.3 is 14.2 Å². The number of imidazole rings is 1. The van der Waals surface area contributed by atoms with Gasteiger partial charge in [0.05, 0.1) is 6.61 Å². The highest BCUT2D eigenvalue weighted by Crippen LogP contribution is 2.26. The molecule has 2 aromatic heterocycles. The fourth-order valence-electron chi connectivity index (χ4n) is 3.43. The van der Waals surface area contributed by atoms with Crippen LogP contribution in [0.3, 0.4) is 0 Å². The van der Waals surface area contributed by atoms with Crippen LogP contribution in [0.5, 0.6) is 0 Å². The maximum absolute atomic E-state index is 12.6. The van der Waals surface area contributed by atoms with Crippen LogP contribution in [0.25, 0.3) is 0 Å². The minimum Gasteiger partial charge on any atom is -0.383 e. The summed E-state index contributed by atoms with van der Waals surface area (Å²) in [5.74, 6) is 1.62. The van der Waals surface area contributed by atoms with Crippen LogP contribution in [-0.2, 0) is 22.5 Å². The summed E-state index contributed by atoms with van der Waals surface area (Å²) >= 11 is 0. The van der Waals surface area contributed by atoms with E-state index in [2.05, 4.69) is 14.5 Å². The van der Waals surface area contributed by atoms with Gasteiger partial charge in [-0.3, -0.25) is 9.78 Å². The summed E-state index contributed by atoms with van der Waals surface area (Å²) in [6.07, 6.45) is 10.8. The molecule has 1 aliphatic heterocycles. The number of carbonyl (C=O) groups is 1. The molecule has 0 radical (unpaired) electrons. The lowest BCUT2D eigenvalue weighted by molar-refractivity contribution is -0.132. The number of nitrogens with zero attached hydrogens (tertiary/aromatic N) is 4. The van der Waals surface area contributed by atoms with E-state index in [1.807, 2.05) is 29.4 Å². The lowest BCUT2D eigenvalue weighted by Gasteiger charge is -2.33. The number of aromatic nitrogens is 3. The predicted octanol–water partition coefficient (Wildman–Crippen LogP) is 2.26. The number of rotatable bonds is 7. The number of likely N-dealkylation sites (tertiary alicyclic amines) is 1. The van der Waals surface area contributed by atoms with Crippen molar-refractivity contribution in [3.8, 4) is 0 Å². The second-order valence-corrected chi connectivity index (χ2v) is 6.51. The predicted molar refractivity (Wildman–Crippen MR) is 95.2 cm³/mol. The molecule has 0 aliphatic carbocycles. The average molecular weight is 342 g/mol. The molecule has 134 valence electrons. The van der Waals surface area contributed by atoms with Crippen LogP contribution in [0.4, 0.5) is 0 Å². The third kappa shape index (κ3) is 4.66. The summed E-state index contributed by atoms with van der Waals surface area (Å²) in [5.41, 5.74) is 1.16. The molecule has 1 aliphatic rings. The molecule has 0 unspecified atom stereocenters. The van der Waals surface area contributed by atoms with Gasteiger partial charge in [0.2, 0.25) is 5.91 Å². The minimum absolute atomic E-state index is 0.233. The molecule has 25 heavy (non-hydrogen) atoms. The molecule has 3 rings (SSSR count). The fourth-order valence-corrected chi connectivity index (χ4v) is 3.43. The quantitative estimate of drug-likeness (QED) is 0.774. The molecule has 1 fully saturated rings. The van der Waals surface area contributed by atoms with Crippen LogP contribution in [-0.4, -0.2) is 52.1 Å². The number of methoxy groups -OCH3 is 1. The Morgan fingerprint density at radius 3 is 2.96 bits per heavy atom. The second kappa shape index (κ2) is 8.76. The van der Waals surface area contributed by atoms with Gasteiger partial charge in [0.15, 0.2) is 0 Å². The molecule has 6 nitrogen and oxygen atoms in total. The largest absolute Gasteiger partial charge is 0.383 e. The maximum Gasteiger partial charge on any atom is 0.222 e. The van der Waals surface area contributed by atoms with E-state index in [1.165, 1.54) is 0 Å². The Kier molecular flexibility index (Phi) is 6.17. The summed E-state index contributed by atoms with van der Waals surface area (Å²) < 4.78 is 7.33. The summed E-state index contributed by atoms with van der Waals surface area (Å²) in [5, 5.41) is 0. The van der Waals surface area contributed by atoms with Crippen LogP contribution in [0.1, 0.15) is 36.6 Å². The summed E-state index contributed by atoms with van der Waals surface area (Å²) in [4.78, 5) is 23.2. The minimum atomic E-state index is 0.233. The van der Waals surface area contributed by atoms with Gasteiger partial charge in [-0.1, -0.05) is 0 Å². The summed E-state index contributed by atoms with van der Waals surface area (Å²) in [7, 11) is 1.71. The lowest BCUT2D eigenvalue weighted by atomic mass is 9.96. The molecule has 6 heteroatoms. The zero-order valence-electron chi connectivity index (χ0n) is 14.8. The Morgan fingerprint density at radius 1 is 1.32 bits per heavy atom. The Morgan fingerprint density at radius 2 is 2.16 bits per heavy atom. The van der Waals surface area contributed by atoms with Gasteiger partial charge in [-0.2, -0.15) is 0 Å². The van der Waals surface area contributed by atoms with Crippen molar-refractivity contribution in [3.05, 3.63) is 48.3 Å². The molecule has 1 saturated heterocycles. The molecule has 0 aromatic carbocycles. The number of piperidine rings is 1. The van der Waals surface area contributed by atoms with Crippen LogP contribution < -0.4 is 0 Å². The van der Waals surface area contributed by atoms with Crippen molar-refractivity contribution in [2.24, 2.45) is 0 Å². The van der Waals surface area contributed by atoms with Crippen molar-refractivity contribution in [3.63, 3.8) is 0 Å². The zero-order valence-corrected chi connectivity index (χ0v) is 14.8. The molecule has 0 N–H and O–H groups in total. The molecule has 0 bridgehead atoms. The normalized spacial score (nSPS) is 17.6. The van der Waals surface area contributed by atoms with E-state index in [1.54, 1.807) is 19.5 Å². The van der Waals surface area contributed by atoms with E-state index in [0.717, 1.165) is 50.3 Å². The lowest BCUT2D eigenvalue weighted by Crippen LogP contribution is -2.40. The second-order valence-electron chi connectivity index (χ2n) is 6.51. The van der Waals surface area contributed by atoms with Gasteiger partial charge in [0, 0.05) is 63.9 Å². The summed E-state index contributed by atoms with van der Waals surface area (Å²) in [6.45, 7) is 3.09. The maximum atomic E-state index is 12.6. The molecule has 1 amide bonds. The first kappa shape index (κ1) is 17.6. The SMILES string of the molecule is COCCn1ccnc1[C@@H]1CCCN(C(=O)CCc2ccncc2)C1. The average Bonchev–Trinajstić information content (AvgIpc) is 3.14. The van der Waals surface area contributed by atoms with Gasteiger partial charge in [-0.05, 0) is 37.0 Å². The number of amides is 1. The van der Waals surface area contributed by atoms with Gasteiger partial charge in [-0.25, -0.2) is 4.98 Å². The van der Waals surface area contributed by atoms with E-state index in [-0.39, 0.29) is 5.91 Å². The van der Waals surface area contributed by atoms with Crippen LogP contribution >= 0.6 is 0 Å². The van der Waals surface area contributed by atoms with Crippen molar-refractivity contribution in [1.82, 2.24) is 19.4 Å². The van der Waals surface area contributed by atoms with Gasteiger partial charge in [0.25, 0.3) is 0 Å². The molecular weight excluding hydrogens is 316 g/mol. The smallest absolute Gasteiger partial charge is 0.222 e. The Hall–Kier alpha value is -2.21. The number of aryl methyl sites for hydroxylation is 1. The van der Waals surface area contributed by atoms with Crippen LogP contribution in [0, 0.1) is 0 Å². The third-order valence-electron chi connectivity index (χ3n) is 4.80. The molecule has 2 aromatic rings. The van der Waals surface area contributed by atoms with E-state index in [4.69, 9.17) is 4.74 Å². The monoisotopic (exact) mass is 342 g/mol. The van der Waals surface area contributed by atoms with Crippen molar-refractivity contribution < 1.29 is 9.53 Å². The standard InChI is InChI=1S/C19H26N4O2/c1-25-14-13-22-12-10-21-19(22)17-3-2-11-23(15-17)18(24)5-4-16-6-8-20-9-7-16/h6-10,12,17H,2-5,11,13-15H2,1H3/t17-/m1/s1. The highest BCUT2D eigenvalue weighted by molar-refractivity contribution is 5.76. The topological polar surface area (TPSA) is 60.2 Å².